The molecule has 0 bridgehead atoms. The fourth-order valence-corrected chi connectivity index (χ4v) is 2.47. The molecule has 0 aliphatic heterocycles. The van der Waals surface area contributed by atoms with E-state index < -0.39 is 21.1 Å². The molecular formula is C12H26O3Si. The van der Waals surface area contributed by atoms with Crippen molar-refractivity contribution in [1.29, 1.82) is 0 Å². The van der Waals surface area contributed by atoms with Gasteiger partial charge in [-0.15, -0.1) is 0 Å². The fraction of sp³-hybridized carbons (Fsp3) is 0.917. The SMILES string of the molecule is C[SiH](C)OC(CCCCC(C)(C)C)C(=O)O. The third-order valence-electron chi connectivity index (χ3n) is 2.35. The molecule has 0 heterocycles. The molecule has 0 fully saturated rings. The summed E-state index contributed by atoms with van der Waals surface area (Å²) in [5.41, 5.74) is 0.340. The first-order chi connectivity index (χ1) is 7.22. The average Bonchev–Trinajstić information content (AvgIpc) is 2.07. The monoisotopic (exact) mass is 246 g/mol. The molecule has 1 N–H and O–H groups in total. The predicted octanol–water partition coefficient (Wildman–Crippen LogP) is 3.05. The Balaban J connectivity index is 3.82. The van der Waals surface area contributed by atoms with Crippen molar-refractivity contribution in [2.75, 3.05) is 0 Å². The smallest absolute Gasteiger partial charge is 0.331 e. The summed E-state index contributed by atoms with van der Waals surface area (Å²) in [7, 11) is -1.25. The number of carbonyl (C=O) groups is 1. The fourth-order valence-electron chi connectivity index (χ4n) is 1.56. The lowest BCUT2D eigenvalue weighted by Gasteiger charge is -2.19. The molecule has 0 saturated heterocycles. The molecule has 16 heavy (non-hydrogen) atoms. The van der Waals surface area contributed by atoms with Crippen molar-refractivity contribution in [3.05, 3.63) is 0 Å². The van der Waals surface area contributed by atoms with Crippen LogP contribution >= 0.6 is 0 Å². The van der Waals surface area contributed by atoms with Crippen molar-refractivity contribution >= 4 is 15.0 Å². The van der Waals surface area contributed by atoms with Crippen LogP contribution in [-0.4, -0.2) is 26.2 Å². The van der Waals surface area contributed by atoms with E-state index in [1.54, 1.807) is 0 Å². The molecule has 0 aliphatic carbocycles. The summed E-state index contributed by atoms with van der Waals surface area (Å²) in [5.74, 6) is -0.808. The lowest BCUT2D eigenvalue weighted by Crippen LogP contribution is -2.28. The van der Waals surface area contributed by atoms with Crippen LogP contribution in [0.4, 0.5) is 0 Å². The van der Waals surface area contributed by atoms with Gasteiger partial charge in [0.15, 0.2) is 9.04 Å². The Morgan fingerprint density at radius 3 is 2.25 bits per heavy atom. The van der Waals surface area contributed by atoms with Crippen LogP contribution < -0.4 is 0 Å². The second kappa shape index (κ2) is 7.07. The summed E-state index contributed by atoms with van der Waals surface area (Å²) in [6, 6.07) is 0. The maximum Gasteiger partial charge on any atom is 0.331 e. The van der Waals surface area contributed by atoms with E-state index in [2.05, 4.69) is 20.8 Å². The molecule has 0 aromatic carbocycles. The Morgan fingerprint density at radius 1 is 1.31 bits per heavy atom. The number of unbranched alkanes of at least 4 members (excludes halogenated alkanes) is 1. The Hall–Kier alpha value is -0.353. The van der Waals surface area contributed by atoms with E-state index in [1.807, 2.05) is 13.1 Å². The Bertz CT molecular complexity index is 209. The highest BCUT2D eigenvalue weighted by molar-refractivity contribution is 6.48. The van der Waals surface area contributed by atoms with Crippen LogP contribution in [0.1, 0.15) is 46.5 Å². The lowest BCUT2D eigenvalue weighted by molar-refractivity contribution is -0.145. The van der Waals surface area contributed by atoms with Crippen LogP contribution in [-0.2, 0) is 9.22 Å². The van der Waals surface area contributed by atoms with Crippen LogP contribution in [0, 0.1) is 5.41 Å². The van der Waals surface area contributed by atoms with Crippen LogP contribution in [0.3, 0.4) is 0 Å². The molecule has 1 atom stereocenters. The number of rotatable bonds is 7. The summed E-state index contributed by atoms with van der Waals surface area (Å²) in [6.07, 6.45) is 3.23. The van der Waals surface area contributed by atoms with E-state index in [1.165, 1.54) is 0 Å². The number of hydrogen-bond donors (Lipinski definition) is 1. The highest BCUT2D eigenvalue weighted by Gasteiger charge is 2.19. The minimum absolute atomic E-state index is 0.340. The second-order valence-electron chi connectivity index (χ2n) is 5.82. The first kappa shape index (κ1) is 15.6. The van der Waals surface area contributed by atoms with Crippen molar-refractivity contribution in [3.8, 4) is 0 Å². The zero-order valence-electron chi connectivity index (χ0n) is 11.2. The molecule has 96 valence electrons. The molecule has 3 nitrogen and oxygen atoms in total. The molecule has 4 heteroatoms. The molecule has 0 saturated carbocycles. The molecule has 0 aromatic heterocycles. The van der Waals surface area contributed by atoms with Crippen LogP contribution in [0.15, 0.2) is 0 Å². The van der Waals surface area contributed by atoms with E-state index in [0.717, 1.165) is 19.3 Å². The minimum Gasteiger partial charge on any atom is -0.479 e. The van der Waals surface area contributed by atoms with Gasteiger partial charge in [-0.2, -0.15) is 0 Å². The average molecular weight is 246 g/mol. The van der Waals surface area contributed by atoms with Gasteiger partial charge in [-0.05, 0) is 31.4 Å². The van der Waals surface area contributed by atoms with Gasteiger partial charge in [0.25, 0.3) is 0 Å². The molecule has 0 spiro atoms. The third-order valence-corrected chi connectivity index (χ3v) is 3.23. The number of carboxylic acids is 1. The molecule has 0 rings (SSSR count). The lowest BCUT2D eigenvalue weighted by atomic mass is 9.89. The quantitative estimate of drug-likeness (QED) is 0.555. The molecule has 0 amide bonds. The van der Waals surface area contributed by atoms with Crippen LogP contribution in [0.2, 0.25) is 13.1 Å². The normalized spacial score (nSPS) is 14.1. The third kappa shape index (κ3) is 8.92. The van der Waals surface area contributed by atoms with Gasteiger partial charge in [-0.25, -0.2) is 4.79 Å². The van der Waals surface area contributed by atoms with Crippen molar-refractivity contribution in [2.24, 2.45) is 5.41 Å². The maximum absolute atomic E-state index is 10.9. The van der Waals surface area contributed by atoms with Crippen molar-refractivity contribution < 1.29 is 14.3 Å². The van der Waals surface area contributed by atoms with E-state index >= 15 is 0 Å². The standard InChI is InChI=1S/C12H26O3Si/c1-12(2,3)9-7-6-8-10(11(13)14)15-16(4)5/h10,16H,6-9H2,1-5H3,(H,13,14). The maximum atomic E-state index is 10.9. The summed E-state index contributed by atoms with van der Waals surface area (Å²) < 4.78 is 5.48. The second-order valence-corrected chi connectivity index (χ2v) is 8.19. The van der Waals surface area contributed by atoms with E-state index in [9.17, 15) is 4.79 Å². The first-order valence-corrected chi connectivity index (χ1v) is 8.89. The summed E-state index contributed by atoms with van der Waals surface area (Å²) in [4.78, 5) is 10.9. The summed E-state index contributed by atoms with van der Waals surface area (Å²) in [6.45, 7) is 10.6. The zero-order chi connectivity index (χ0) is 12.8. The highest BCUT2D eigenvalue weighted by atomic mass is 28.3. The van der Waals surface area contributed by atoms with Gasteiger partial charge in [0.05, 0.1) is 0 Å². The van der Waals surface area contributed by atoms with Gasteiger partial charge in [0.2, 0.25) is 0 Å². The molecular weight excluding hydrogens is 220 g/mol. The van der Waals surface area contributed by atoms with Crippen LogP contribution in [0.5, 0.6) is 0 Å². The minimum atomic E-state index is -1.25. The molecule has 0 aromatic rings. The largest absolute Gasteiger partial charge is 0.479 e. The predicted molar refractivity (Wildman–Crippen MR) is 69.3 cm³/mol. The number of hydrogen-bond acceptors (Lipinski definition) is 2. The Kier molecular flexibility index (Phi) is 6.91. The van der Waals surface area contributed by atoms with E-state index in [4.69, 9.17) is 9.53 Å². The van der Waals surface area contributed by atoms with Crippen molar-refractivity contribution in [2.45, 2.75) is 65.7 Å². The van der Waals surface area contributed by atoms with Crippen molar-refractivity contribution in [3.63, 3.8) is 0 Å². The molecule has 1 unspecified atom stereocenters. The number of aliphatic carboxylic acids is 1. The van der Waals surface area contributed by atoms with Gasteiger partial charge in [-0.1, -0.05) is 33.6 Å². The summed E-state index contributed by atoms with van der Waals surface area (Å²) in [5, 5.41) is 8.98. The van der Waals surface area contributed by atoms with Crippen molar-refractivity contribution in [1.82, 2.24) is 0 Å². The molecule has 0 radical (unpaired) electrons. The first-order valence-electron chi connectivity index (χ1n) is 6.10. The zero-order valence-corrected chi connectivity index (χ0v) is 12.4. The Morgan fingerprint density at radius 2 is 1.88 bits per heavy atom. The van der Waals surface area contributed by atoms with Gasteiger partial charge in [0, 0.05) is 0 Å². The van der Waals surface area contributed by atoms with Gasteiger partial charge >= 0.3 is 5.97 Å². The summed E-state index contributed by atoms with van der Waals surface area (Å²) >= 11 is 0. The van der Waals surface area contributed by atoms with Gasteiger partial charge in [0.1, 0.15) is 6.10 Å². The molecule has 0 aliphatic rings. The topological polar surface area (TPSA) is 46.5 Å². The Labute approximate surface area is 101 Å². The van der Waals surface area contributed by atoms with Crippen LogP contribution in [0.25, 0.3) is 0 Å². The highest BCUT2D eigenvalue weighted by Crippen LogP contribution is 2.22. The van der Waals surface area contributed by atoms with E-state index in [0.29, 0.717) is 11.8 Å². The van der Waals surface area contributed by atoms with Gasteiger partial charge < -0.3 is 9.53 Å². The van der Waals surface area contributed by atoms with E-state index in [-0.39, 0.29) is 0 Å². The number of carboxylic acid groups (broad SMARTS) is 1. The van der Waals surface area contributed by atoms with Gasteiger partial charge in [-0.3, -0.25) is 0 Å².